The lowest BCUT2D eigenvalue weighted by atomic mass is 9.95. The van der Waals surface area contributed by atoms with Crippen LogP contribution in [-0.4, -0.2) is 9.97 Å². The van der Waals surface area contributed by atoms with Crippen molar-refractivity contribution in [1.82, 2.24) is 9.97 Å². The van der Waals surface area contributed by atoms with E-state index in [-0.39, 0.29) is 0 Å². The van der Waals surface area contributed by atoms with Crippen molar-refractivity contribution < 1.29 is 4.42 Å². The monoisotopic (exact) mass is 656 g/mol. The normalized spacial score (nSPS) is 11.6. The van der Waals surface area contributed by atoms with Crippen molar-refractivity contribution in [3.05, 3.63) is 170 Å². The van der Waals surface area contributed by atoms with Crippen LogP contribution in [0.5, 0.6) is 0 Å². The smallest absolute Gasteiger partial charge is 0.160 e. The average Bonchev–Trinajstić information content (AvgIpc) is 3.76. The van der Waals surface area contributed by atoms with Crippen LogP contribution in [0.15, 0.2) is 174 Å². The Morgan fingerprint density at radius 1 is 0.380 bits per heavy atom. The van der Waals surface area contributed by atoms with Crippen LogP contribution < -0.4 is 0 Å². The molecule has 0 bridgehead atoms. The number of aromatic nitrogens is 2. The van der Waals surface area contributed by atoms with E-state index in [0.29, 0.717) is 5.82 Å². The van der Waals surface area contributed by atoms with E-state index < -0.39 is 0 Å². The molecular formula is C46H28N2OS. The average molecular weight is 657 g/mol. The molecule has 3 nitrogen and oxygen atoms in total. The summed E-state index contributed by atoms with van der Waals surface area (Å²) >= 11 is 1.75. The molecule has 234 valence electrons. The highest BCUT2D eigenvalue weighted by Crippen LogP contribution is 2.41. The Labute approximate surface area is 292 Å². The first kappa shape index (κ1) is 28.6. The zero-order valence-corrected chi connectivity index (χ0v) is 27.7. The van der Waals surface area contributed by atoms with E-state index in [0.717, 1.165) is 76.6 Å². The first-order valence-corrected chi connectivity index (χ1v) is 17.5. The summed E-state index contributed by atoms with van der Waals surface area (Å²) in [6.45, 7) is 0. The minimum atomic E-state index is 0.701. The van der Waals surface area contributed by atoms with Crippen LogP contribution in [0.4, 0.5) is 0 Å². The van der Waals surface area contributed by atoms with Crippen molar-refractivity contribution in [2.45, 2.75) is 0 Å². The Kier molecular flexibility index (Phi) is 6.68. The number of para-hydroxylation sites is 1. The topological polar surface area (TPSA) is 38.9 Å². The first-order valence-electron chi connectivity index (χ1n) is 16.7. The SMILES string of the molecule is c1ccc(-c2ccc(-c3nc(-c4cc(-c5ccccc5)cc(-c5ccc6c(c5)oc5ccccc56)c4)nc4c3sc3ccccc34)cc2)cc1. The minimum absolute atomic E-state index is 0.701. The van der Waals surface area contributed by atoms with E-state index in [2.05, 4.69) is 152 Å². The van der Waals surface area contributed by atoms with Gasteiger partial charge >= 0.3 is 0 Å². The standard InChI is InChI=1S/C46H28N2OS/c1-3-11-29(12-4-1)31-19-21-32(22-20-31)43-45-44(39-16-8-10-18-42(39)50-45)48-46(47-43)36-26-34(30-13-5-2-6-14-30)25-35(27-36)33-23-24-38-37-15-7-9-17-40(37)49-41(38)28-33/h1-28H. The number of hydrogen-bond acceptors (Lipinski definition) is 4. The van der Waals surface area contributed by atoms with E-state index in [1.54, 1.807) is 11.3 Å². The van der Waals surface area contributed by atoms with Gasteiger partial charge in [-0.1, -0.05) is 127 Å². The summed E-state index contributed by atoms with van der Waals surface area (Å²) in [5, 5.41) is 3.39. The van der Waals surface area contributed by atoms with Gasteiger partial charge in [-0.05, 0) is 75.8 Å². The molecule has 0 aliphatic heterocycles. The van der Waals surface area contributed by atoms with Crippen LogP contribution in [0.3, 0.4) is 0 Å². The largest absolute Gasteiger partial charge is 0.456 e. The summed E-state index contributed by atoms with van der Waals surface area (Å²) in [7, 11) is 0. The van der Waals surface area contributed by atoms with Crippen LogP contribution in [0.1, 0.15) is 0 Å². The van der Waals surface area contributed by atoms with E-state index in [1.807, 2.05) is 18.2 Å². The molecule has 0 spiro atoms. The summed E-state index contributed by atoms with van der Waals surface area (Å²) < 4.78 is 8.60. The second-order valence-corrected chi connectivity index (χ2v) is 13.6. The highest BCUT2D eigenvalue weighted by molar-refractivity contribution is 7.26. The third kappa shape index (κ3) is 4.89. The van der Waals surface area contributed by atoms with Gasteiger partial charge in [0.25, 0.3) is 0 Å². The van der Waals surface area contributed by atoms with Gasteiger partial charge in [0, 0.05) is 32.0 Å². The molecule has 0 N–H and O–H groups in total. The molecule has 50 heavy (non-hydrogen) atoms. The van der Waals surface area contributed by atoms with Crippen molar-refractivity contribution in [3.8, 4) is 56.0 Å². The third-order valence-corrected chi connectivity index (χ3v) is 10.7. The fourth-order valence-corrected chi connectivity index (χ4v) is 8.15. The molecule has 0 fully saturated rings. The van der Waals surface area contributed by atoms with Gasteiger partial charge in [0.2, 0.25) is 0 Å². The van der Waals surface area contributed by atoms with Gasteiger partial charge in [-0.2, -0.15) is 0 Å². The van der Waals surface area contributed by atoms with Crippen molar-refractivity contribution in [3.63, 3.8) is 0 Å². The maximum atomic E-state index is 6.30. The lowest BCUT2D eigenvalue weighted by molar-refractivity contribution is 0.669. The fraction of sp³-hybridized carbons (Fsp3) is 0. The van der Waals surface area contributed by atoms with E-state index in [1.165, 1.54) is 15.8 Å². The molecule has 3 aromatic heterocycles. The quantitative estimate of drug-likeness (QED) is 0.185. The lowest BCUT2D eigenvalue weighted by Crippen LogP contribution is -1.95. The van der Waals surface area contributed by atoms with Crippen LogP contribution in [0.2, 0.25) is 0 Å². The fourth-order valence-electron chi connectivity index (χ4n) is 6.99. The first-order chi connectivity index (χ1) is 24.7. The molecule has 0 aliphatic carbocycles. The summed E-state index contributed by atoms with van der Waals surface area (Å²) in [6.07, 6.45) is 0. The third-order valence-electron chi connectivity index (χ3n) is 9.50. The molecule has 0 aliphatic rings. The second-order valence-electron chi connectivity index (χ2n) is 12.6. The van der Waals surface area contributed by atoms with Gasteiger partial charge in [0.05, 0.1) is 15.9 Å². The molecule has 0 saturated carbocycles. The van der Waals surface area contributed by atoms with Gasteiger partial charge in [0.15, 0.2) is 5.82 Å². The minimum Gasteiger partial charge on any atom is -0.456 e. The van der Waals surface area contributed by atoms with Gasteiger partial charge in [-0.3, -0.25) is 0 Å². The number of hydrogen-bond donors (Lipinski definition) is 0. The van der Waals surface area contributed by atoms with Crippen LogP contribution in [0, 0.1) is 0 Å². The lowest BCUT2D eigenvalue weighted by Gasteiger charge is -2.12. The summed E-state index contributed by atoms with van der Waals surface area (Å²) in [4.78, 5) is 10.7. The van der Waals surface area contributed by atoms with Crippen LogP contribution in [0.25, 0.3) is 98.3 Å². The molecule has 10 aromatic rings. The molecule has 0 unspecified atom stereocenters. The van der Waals surface area contributed by atoms with E-state index >= 15 is 0 Å². The molecule has 7 aromatic carbocycles. The van der Waals surface area contributed by atoms with E-state index in [9.17, 15) is 0 Å². The molecule has 10 rings (SSSR count). The number of nitrogens with zero attached hydrogens (tertiary/aromatic N) is 2. The van der Waals surface area contributed by atoms with Crippen molar-refractivity contribution >= 4 is 53.6 Å². The van der Waals surface area contributed by atoms with Gasteiger partial charge < -0.3 is 4.42 Å². The second kappa shape index (κ2) is 11.7. The molecule has 0 amide bonds. The number of rotatable bonds is 5. The molecule has 0 atom stereocenters. The Balaban J connectivity index is 1.18. The van der Waals surface area contributed by atoms with Crippen LogP contribution in [-0.2, 0) is 0 Å². The zero-order valence-electron chi connectivity index (χ0n) is 26.9. The van der Waals surface area contributed by atoms with Gasteiger partial charge in [0.1, 0.15) is 11.2 Å². The predicted molar refractivity (Wildman–Crippen MR) is 209 cm³/mol. The maximum absolute atomic E-state index is 6.30. The highest BCUT2D eigenvalue weighted by Gasteiger charge is 2.18. The Bertz CT molecular complexity index is 2850. The Hall–Kier alpha value is -6.36. The molecule has 4 heteroatoms. The number of thiophene rings is 1. The summed E-state index contributed by atoms with van der Waals surface area (Å²) in [5.74, 6) is 0.701. The van der Waals surface area contributed by atoms with Crippen molar-refractivity contribution in [1.29, 1.82) is 0 Å². The molecule has 3 heterocycles. The van der Waals surface area contributed by atoms with E-state index in [4.69, 9.17) is 14.4 Å². The summed E-state index contributed by atoms with van der Waals surface area (Å²) in [6, 6.07) is 59.7. The number of fused-ring (bicyclic) bond motifs is 6. The van der Waals surface area contributed by atoms with Crippen LogP contribution >= 0.6 is 11.3 Å². The number of benzene rings is 7. The van der Waals surface area contributed by atoms with Gasteiger partial charge in [-0.15, -0.1) is 11.3 Å². The van der Waals surface area contributed by atoms with Crippen molar-refractivity contribution in [2.75, 3.05) is 0 Å². The predicted octanol–water partition coefficient (Wildman–Crippen LogP) is 13.1. The van der Waals surface area contributed by atoms with Crippen molar-refractivity contribution in [2.24, 2.45) is 0 Å². The molecular weight excluding hydrogens is 629 g/mol. The molecule has 0 radical (unpaired) electrons. The zero-order chi connectivity index (χ0) is 33.0. The maximum Gasteiger partial charge on any atom is 0.160 e. The number of furan rings is 1. The molecule has 0 saturated heterocycles. The Morgan fingerprint density at radius 3 is 1.72 bits per heavy atom. The highest BCUT2D eigenvalue weighted by atomic mass is 32.1. The Morgan fingerprint density at radius 2 is 0.940 bits per heavy atom. The summed E-state index contributed by atoms with van der Waals surface area (Å²) in [5.41, 5.74) is 12.5. The van der Waals surface area contributed by atoms with Gasteiger partial charge in [-0.25, -0.2) is 9.97 Å².